The zero-order valence-corrected chi connectivity index (χ0v) is 17.6. The molecular weight excluding hydrogens is 386 g/mol. The number of aryl methyl sites for hydroxylation is 1. The number of hydrogen-bond acceptors (Lipinski definition) is 4. The first kappa shape index (κ1) is 20.9. The summed E-state index contributed by atoms with van der Waals surface area (Å²) in [5, 5.41) is 2.83. The quantitative estimate of drug-likeness (QED) is 0.588. The Morgan fingerprint density at radius 1 is 1.07 bits per heavy atom. The maximum Gasteiger partial charge on any atom is 0.287 e. The van der Waals surface area contributed by atoms with Crippen LogP contribution in [0.3, 0.4) is 0 Å². The fraction of sp³-hybridized carbons (Fsp3) is 0.261. The molecule has 0 radical (unpaired) electrons. The molecule has 0 aliphatic rings. The highest BCUT2D eigenvalue weighted by atomic mass is 32.2. The number of rotatable bonds is 8. The van der Waals surface area contributed by atoms with Crippen molar-refractivity contribution in [2.45, 2.75) is 44.1 Å². The summed E-state index contributed by atoms with van der Waals surface area (Å²) < 4.78 is 23.8. The molecule has 0 bridgehead atoms. The monoisotopic (exact) mass is 411 g/mol. The van der Waals surface area contributed by atoms with Crippen LogP contribution in [0.25, 0.3) is 0 Å². The summed E-state index contributed by atoms with van der Waals surface area (Å²) in [5.74, 6) is 1.46. The lowest BCUT2D eigenvalue weighted by molar-refractivity contribution is 0.0921. The van der Waals surface area contributed by atoms with E-state index in [-0.39, 0.29) is 23.5 Å². The maximum atomic E-state index is 12.6. The van der Waals surface area contributed by atoms with Gasteiger partial charge in [0, 0.05) is 11.4 Å². The minimum absolute atomic E-state index is 0.119. The first-order valence-electron chi connectivity index (χ1n) is 9.49. The number of amides is 1. The molecule has 6 heteroatoms. The molecule has 0 spiro atoms. The molecule has 152 valence electrons. The molecule has 0 saturated carbocycles. The van der Waals surface area contributed by atoms with Crippen LogP contribution in [0.2, 0.25) is 0 Å². The van der Waals surface area contributed by atoms with Crippen LogP contribution in [0, 0.1) is 6.92 Å². The van der Waals surface area contributed by atoms with E-state index in [1.165, 1.54) is 0 Å². The summed E-state index contributed by atoms with van der Waals surface area (Å²) in [6.07, 6.45) is 0.119. The molecule has 1 amide bonds. The van der Waals surface area contributed by atoms with Crippen molar-refractivity contribution >= 4 is 16.7 Å². The highest BCUT2D eigenvalue weighted by molar-refractivity contribution is 7.84. The van der Waals surface area contributed by atoms with E-state index in [0.29, 0.717) is 12.3 Å². The normalized spacial score (nSPS) is 12.0. The van der Waals surface area contributed by atoms with Crippen molar-refractivity contribution in [3.05, 3.63) is 83.3 Å². The third-order valence-corrected chi connectivity index (χ3v) is 5.74. The Hall–Kier alpha value is -2.86. The van der Waals surface area contributed by atoms with Gasteiger partial charge in [0.05, 0.1) is 22.7 Å². The van der Waals surface area contributed by atoms with E-state index in [1.54, 1.807) is 12.1 Å². The van der Waals surface area contributed by atoms with Crippen LogP contribution in [0.5, 0.6) is 5.75 Å². The summed E-state index contributed by atoms with van der Waals surface area (Å²) >= 11 is 0. The van der Waals surface area contributed by atoms with Crippen molar-refractivity contribution < 1.29 is 18.2 Å². The Morgan fingerprint density at radius 2 is 1.79 bits per heavy atom. The Bertz CT molecular complexity index is 992. The second-order valence-electron chi connectivity index (χ2n) is 7.01. The number of carbonyl (C=O) groups is 1. The SMILES string of the molecule is Cc1ccccc1[S@@](=O)Cc1ccc(C(=O)NCc2ccc(OC(C)C)cc2)o1. The van der Waals surface area contributed by atoms with E-state index in [0.717, 1.165) is 21.8 Å². The van der Waals surface area contributed by atoms with Crippen molar-refractivity contribution in [2.75, 3.05) is 0 Å². The predicted octanol–water partition coefficient (Wildman–Crippen LogP) is 4.61. The molecule has 2 aromatic carbocycles. The van der Waals surface area contributed by atoms with Crippen LogP contribution in [0.15, 0.2) is 70.0 Å². The molecule has 3 aromatic rings. The van der Waals surface area contributed by atoms with Crippen molar-refractivity contribution in [1.29, 1.82) is 0 Å². The number of nitrogens with one attached hydrogen (secondary N) is 1. The van der Waals surface area contributed by atoms with Gasteiger partial charge >= 0.3 is 0 Å². The summed E-state index contributed by atoms with van der Waals surface area (Å²) in [6.45, 7) is 6.26. The smallest absolute Gasteiger partial charge is 0.287 e. The van der Waals surface area contributed by atoms with Gasteiger partial charge in [-0.1, -0.05) is 30.3 Å². The van der Waals surface area contributed by atoms with Gasteiger partial charge in [0.25, 0.3) is 5.91 Å². The third kappa shape index (κ3) is 5.81. The topological polar surface area (TPSA) is 68.5 Å². The van der Waals surface area contributed by atoms with Gasteiger partial charge in [-0.05, 0) is 62.2 Å². The molecular formula is C23H25NO4S. The van der Waals surface area contributed by atoms with Crippen LogP contribution < -0.4 is 10.1 Å². The van der Waals surface area contributed by atoms with Crippen molar-refractivity contribution in [1.82, 2.24) is 5.32 Å². The molecule has 1 heterocycles. The second-order valence-corrected chi connectivity index (χ2v) is 8.43. The standard InChI is InChI=1S/C23H25NO4S/c1-16(2)27-19-10-8-18(9-11-19)14-24-23(25)21-13-12-20(28-21)15-29(26)22-7-5-4-6-17(22)3/h4-13,16H,14-15H2,1-3H3,(H,24,25)/t29-/m0/s1. The largest absolute Gasteiger partial charge is 0.491 e. The summed E-state index contributed by atoms with van der Waals surface area (Å²) in [6, 6.07) is 18.4. The molecule has 0 unspecified atom stereocenters. The first-order valence-corrected chi connectivity index (χ1v) is 10.8. The van der Waals surface area contributed by atoms with Gasteiger partial charge in [0.2, 0.25) is 0 Å². The van der Waals surface area contributed by atoms with Crippen molar-refractivity contribution in [2.24, 2.45) is 0 Å². The summed E-state index contributed by atoms with van der Waals surface area (Å²) in [7, 11) is -1.22. The minimum Gasteiger partial charge on any atom is -0.491 e. The maximum absolute atomic E-state index is 12.6. The van der Waals surface area contributed by atoms with E-state index in [1.807, 2.05) is 69.3 Å². The van der Waals surface area contributed by atoms with Crippen LogP contribution >= 0.6 is 0 Å². The van der Waals surface area contributed by atoms with E-state index in [9.17, 15) is 9.00 Å². The van der Waals surface area contributed by atoms with E-state index >= 15 is 0 Å². The molecule has 1 N–H and O–H groups in total. The van der Waals surface area contributed by atoms with Gasteiger partial charge in [-0.25, -0.2) is 0 Å². The predicted molar refractivity (Wildman–Crippen MR) is 113 cm³/mol. The molecule has 1 atom stereocenters. The van der Waals surface area contributed by atoms with E-state index in [2.05, 4.69) is 5.32 Å². The average molecular weight is 412 g/mol. The molecule has 5 nitrogen and oxygen atoms in total. The fourth-order valence-electron chi connectivity index (χ4n) is 2.82. The zero-order chi connectivity index (χ0) is 20.8. The lowest BCUT2D eigenvalue weighted by Gasteiger charge is -2.10. The van der Waals surface area contributed by atoms with Gasteiger partial charge in [-0.15, -0.1) is 0 Å². The number of benzene rings is 2. The van der Waals surface area contributed by atoms with E-state index < -0.39 is 10.8 Å². The first-order chi connectivity index (χ1) is 13.9. The lowest BCUT2D eigenvalue weighted by Crippen LogP contribution is -2.22. The van der Waals surface area contributed by atoms with Gasteiger partial charge in [-0.3, -0.25) is 9.00 Å². The van der Waals surface area contributed by atoms with Gasteiger partial charge in [-0.2, -0.15) is 0 Å². The molecule has 1 aromatic heterocycles. The number of furan rings is 1. The van der Waals surface area contributed by atoms with E-state index in [4.69, 9.17) is 9.15 Å². The zero-order valence-electron chi connectivity index (χ0n) is 16.8. The number of hydrogen-bond donors (Lipinski definition) is 1. The second kappa shape index (κ2) is 9.56. The molecule has 0 saturated heterocycles. The summed E-state index contributed by atoms with van der Waals surface area (Å²) in [5.41, 5.74) is 1.93. The fourth-order valence-corrected chi connectivity index (χ4v) is 4.05. The number of carbonyl (C=O) groups excluding carboxylic acids is 1. The highest BCUT2D eigenvalue weighted by Gasteiger charge is 2.14. The average Bonchev–Trinajstić information content (AvgIpc) is 3.15. The van der Waals surface area contributed by atoms with Crippen LogP contribution in [-0.4, -0.2) is 16.2 Å². The van der Waals surface area contributed by atoms with Gasteiger partial charge in [0.15, 0.2) is 5.76 Å². The molecule has 29 heavy (non-hydrogen) atoms. The van der Waals surface area contributed by atoms with Crippen molar-refractivity contribution in [3.63, 3.8) is 0 Å². The Labute approximate surface area is 173 Å². The Kier molecular flexibility index (Phi) is 6.88. The number of ether oxygens (including phenoxy) is 1. The lowest BCUT2D eigenvalue weighted by atomic mass is 10.2. The van der Waals surface area contributed by atoms with Crippen LogP contribution in [0.1, 0.15) is 41.3 Å². The van der Waals surface area contributed by atoms with Gasteiger partial charge in [0.1, 0.15) is 11.5 Å². The Balaban J connectivity index is 1.55. The molecule has 0 aliphatic heterocycles. The van der Waals surface area contributed by atoms with Crippen LogP contribution in [-0.2, 0) is 23.1 Å². The Morgan fingerprint density at radius 3 is 2.48 bits per heavy atom. The molecule has 3 rings (SSSR count). The molecule has 0 aliphatic carbocycles. The molecule has 0 fully saturated rings. The third-order valence-electron chi connectivity index (χ3n) is 4.25. The van der Waals surface area contributed by atoms with Crippen molar-refractivity contribution in [3.8, 4) is 5.75 Å². The minimum atomic E-state index is -1.22. The van der Waals surface area contributed by atoms with Gasteiger partial charge < -0.3 is 14.5 Å². The van der Waals surface area contributed by atoms with Crippen LogP contribution in [0.4, 0.5) is 0 Å². The summed E-state index contributed by atoms with van der Waals surface area (Å²) in [4.78, 5) is 13.1. The highest BCUT2D eigenvalue weighted by Crippen LogP contribution is 2.18.